The van der Waals surface area contributed by atoms with Gasteiger partial charge in [0.25, 0.3) is 0 Å². The fourth-order valence-electron chi connectivity index (χ4n) is 1.01. The van der Waals surface area contributed by atoms with Gasteiger partial charge in [0.1, 0.15) is 11.4 Å². The van der Waals surface area contributed by atoms with Crippen LogP contribution in [0.1, 0.15) is 24.3 Å². The molecular formula is C10H14N4O3. The number of nitrogens with two attached hydrogens (primary N) is 1. The highest BCUT2D eigenvalue weighted by Crippen LogP contribution is 2.11. The zero-order valence-electron chi connectivity index (χ0n) is 9.85. The van der Waals surface area contributed by atoms with Gasteiger partial charge in [0.05, 0.1) is 19.5 Å². The smallest absolute Gasteiger partial charge is 0.358 e. The van der Waals surface area contributed by atoms with E-state index in [0.717, 1.165) is 0 Å². The Morgan fingerprint density at radius 1 is 1.41 bits per heavy atom. The first-order valence-corrected chi connectivity index (χ1v) is 4.85. The summed E-state index contributed by atoms with van der Waals surface area (Å²) in [5, 5.41) is 2.78. The third kappa shape index (κ3) is 3.13. The van der Waals surface area contributed by atoms with Crippen molar-refractivity contribution in [3.05, 3.63) is 18.1 Å². The molecule has 0 radical (unpaired) electrons. The van der Waals surface area contributed by atoms with E-state index in [0.29, 0.717) is 0 Å². The molecule has 0 aliphatic rings. The summed E-state index contributed by atoms with van der Waals surface area (Å²) in [4.78, 5) is 30.1. The second-order valence-electron chi connectivity index (χ2n) is 3.90. The Kier molecular flexibility index (Phi) is 3.62. The van der Waals surface area contributed by atoms with Gasteiger partial charge in [0.2, 0.25) is 5.91 Å². The standard InChI is InChI=1S/C10H14N4O3/c1-10(2,9(11)16)14-7-5-12-4-6(13-7)8(15)17-3/h4-5H,1-3H3,(H2,11,16)(H,13,14). The highest BCUT2D eigenvalue weighted by molar-refractivity contribution is 5.88. The van der Waals surface area contributed by atoms with Crippen LogP contribution >= 0.6 is 0 Å². The molecule has 0 bridgehead atoms. The number of carbonyl (C=O) groups is 2. The molecule has 0 saturated heterocycles. The minimum Gasteiger partial charge on any atom is -0.464 e. The van der Waals surface area contributed by atoms with E-state index >= 15 is 0 Å². The molecule has 7 nitrogen and oxygen atoms in total. The number of ether oxygens (including phenoxy) is 1. The number of rotatable bonds is 4. The second-order valence-corrected chi connectivity index (χ2v) is 3.90. The average molecular weight is 238 g/mol. The molecule has 0 aliphatic heterocycles. The van der Waals surface area contributed by atoms with Gasteiger partial charge in [-0.05, 0) is 13.8 Å². The zero-order valence-corrected chi connectivity index (χ0v) is 9.85. The van der Waals surface area contributed by atoms with Gasteiger partial charge in [-0.2, -0.15) is 0 Å². The Balaban J connectivity index is 2.93. The minimum absolute atomic E-state index is 0.0535. The third-order valence-corrected chi connectivity index (χ3v) is 2.09. The molecule has 0 aliphatic carbocycles. The van der Waals surface area contributed by atoms with Crippen LogP contribution in [0.25, 0.3) is 0 Å². The van der Waals surface area contributed by atoms with Crippen molar-refractivity contribution >= 4 is 17.7 Å². The summed E-state index contributed by atoms with van der Waals surface area (Å²) in [7, 11) is 1.25. The maximum atomic E-state index is 11.2. The van der Waals surface area contributed by atoms with Crippen molar-refractivity contribution in [2.45, 2.75) is 19.4 Å². The van der Waals surface area contributed by atoms with Crippen LogP contribution in [-0.2, 0) is 9.53 Å². The van der Waals surface area contributed by atoms with E-state index in [-0.39, 0.29) is 11.5 Å². The van der Waals surface area contributed by atoms with Crippen molar-refractivity contribution < 1.29 is 14.3 Å². The first kappa shape index (κ1) is 12.9. The molecule has 1 aromatic heterocycles. The Morgan fingerprint density at radius 2 is 2.06 bits per heavy atom. The van der Waals surface area contributed by atoms with Crippen LogP contribution in [0.3, 0.4) is 0 Å². The SMILES string of the molecule is COC(=O)c1cncc(NC(C)(C)C(N)=O)n1. The predicted molar refractivity (Wildman–Crippen MR) is 60.3 cm³/mol. The van der Waals surface area contributed by atoms with Gasteiger partial charge in [-0.25, -0.2) is 9.78 Å². The molecule has 92 valence electrons. The van der Waals surface area contributed by atoms with E-state index in [1.807, 2.05) is 0 Å². The van der Waals surface area contributed by atoms with Gasteiger partial charge in [0, 0.05) is 0 Å². The Hall–Kier alpha value is -2.18. The molecule has 0 saturated carbocycles. The lowest BCUT2D eigenvalue weighted by Gasteiger charge is -2.22. The number of primary amides is 1. The number of anilines is 1. The maximum Gasteiger partial charge on any atom is 0.358 e. The van der Waals surface area contributed by atoms with Crippen LogP contribution in [0.2, 0.25) is 0 Å². The molecule has 17 heavy (non-hydrogen) atoms. The van der Waals surface area contributed by atoms with Crippen molar-refractivity contribution in [3.63, 3.8) is 0 Å². The molecule has 1 amide bonds. The van der Waals surface area contributed by atoms with Gasteiger partial charge in [0.15, 0.2) is 5.69 Å². The summed E-state index contributed by atoms with van der Waals surface area (Å²) in [5.41, 5.74) is 4.27. The lowest BCUT2D eigenvalue weighted by atomic mass is 10.1. The summed E-state index contributed by atoms with van der Waals surface area (Å²) >= 11 is 0. The predicted octanol–water partition coefficient (Wildman–Crippen LogP) is -0.0610. The number of carbonyl (C=O) groups excluding carboxylic acids is 2. The molecule has 1 aromatic rings. The number of aromatic nitrogens is 2. The molecule has 0 spiro atoms. The summed E-state index contributed by atoms with van der Waals surface area (Å²) in [6.07, 6.45) is 2.66. The van der Waals surface area contributed by atoms with Gasteiger partial charge in [-0.15, -0.1) is 0 Å². The minimum atomic E-state index is -0.983. The van der Waals surface area contributed by atoms with Gasteiger partial charge < -0.3 is 15.8 Å². The number of methoxy groups -OCH3 is 1. The van der Waals surface area contributed by atoms with Crippen molar-refractivity contribution in [2.75, 3.05) is 12.4 Å². The number of hydrogen-bond acceptors (Lipinski definition) is 6. The van der Waals surface area contributed by atoms with Crippen molar-refractivity contribution in [2.24, 2.45) is 5.73 Å². The summed E-state index contributed by atoms with van der Waals surface area (Å²) in [6, 6.07) is 0. The van der Waals surface area contributed by atoms with Crippen LogP contribution in [-0.4, -0.2) is 34.5 Å². The first-order valence-electron chi connectivity index (χ1n) is 4.85. The second kappa shape index (κ2) is 4.77. The summed E-state index contributed by atoms with van der Waals surface area (Å²) in [5.74, 6) is -0.863. The van der Waals surface area contributed by atoms with Gasteiger partial charge >= 0.3 is 5.97 Å². The topological polar surface area (TPSA) is 107 Å². The Labute approximate surface area is 98.4 Å². The van der Waals surface area contributed by atoms with E-state index in [1.165, 1.54) is 19.5 Å². The molecule has 0 aromatic carbocycles. The monoisotopic (exact) mass is 238 g/mol. The highest BCUT2D eigenvalue weighted by atomic mass is 16.5. The number of nitrogens with zero attached hydrogens (tertiary/aromatic N) is 2. The van der Waals surface area contributed by atoms with E-state index in [1.54, 1.807) is 13.8 Å². The first-order chi connectivity index (χ1) is 7.86. The highest BCUT2D eigenvalue weighted by Gasteiger charge is 2.25. The fourth-order valence-corrected chi connectivity index (χ4v) is 1.01. The Morgan fingerprint density at radius 3 is 2.59 bits per heavy atom. The lowest BCUT2D eigenvalue weighted by molar-refractivity contribution is -0.121. The molecule has 0 atom stereocenters. The number of hydrogen-bond donors (Lipinski definition) is 2. The maximum absolute atomic E-state index is 11.2. The van der Waals surface area contributed by atoms with E-state index in [2.05, 4.69) is 20.0 Å². The molecule has 0 unspecified atom stereocenters. The summed E-state index contributed by atoms with van der Waals surface area (Å²) < 4.78 is 4.51. The van der Waals surface area contributed by atoms with E-state index in [9.17, 15) is 9.59 Å². The lowest BCUT2D eigenvalue weighted by Crippen LogP contribution is -2.45. The van der Waals surface area contributed by atoms with Crippen LogP contribution in [0.5, 0.6) is 0 Å². The van der Waals surface area contributed by atoms with E-state index < -0.39 is 17.4 Å². The van der Waals surface area contributed by atoms with Gasteiger partial charge in [-0.1, -0.05) is 0 Å². The largest absolute Gasteiger partial charge is 0.464 e. The molecule has 1 heterocycles. The molecule has 3 N–H and O–H groups in total. The molecule has 1 rings (SSSR count). The van der Waals surface area contributed by atoms with Crippen molar-refractivity contribution in [1.29, 1.82) is 0 Å². The summed E-state index contributed by atoms with van der Waals surface area (Å²) in [6.45, 7) is 3.20. The van der Waals surface area contributed by atoms with Crippen molar-refractivity contribution in [3.8, 4) is 0 Å². The number of amides is 1. The quantitative estimate of drug-likeness (QED) is 0.711. The van der Waals surface area contributed by atoms with Crippen LogP contribution in [0.4, 0.5) is 5.82 Å². The zero-order chi connectivity index (χ0) is 13.1. The van der Waals surface area contributed by atoms with Crippen LogP contribution in [0, 0.1) is 0 Å². The fraction of sp³-hybridized carbons (Fsp3) is 0.400. The van der Waals surface area contributed by atoms with Crippen LogP contribution < -0.4 is 11.1 Å². The van der Waals surface area contributed by atoms with Crippen molar-refractivity contribution in [1.82, 2.24) is 9.97 Å². The van der Waals surface area contributed by atoms with Gasteiger partial charge in [-0.3, -0.25) is 9.78 Å². The third-order valence-electron chi connectivity index (χ3n) is 2.09. The molecular weight excluding hydrogens is 224 g/mol. The van der Waals surface area contributed by atoms with E-state index in [4.69, 9.17) is 5.73 Å². The van der Waals surface area contributed by atoms with Crippen LogP contribution in [0.15, 0.2) is 12.4 Å². The normalized spacial score (nSPS) is 10.8. The molecule has 0 fully saturated rings. The average Bonchev–Trinajstić information content (AvgIpc) is 2.27. The number of nitrogens with one attached hydrogen (secondary N) is 1. The number of esters is 1. The Bertz CT molecular complexity index is 445. The molecule has 7 heteroatoms.